The summed E-state index contributed by atoms with van der Waals surface area (Å²) >= 11 is 3.55. The minimum absolute atomic E-state index is 0.529. The van der Waals surface area contributed by atoms with E-state index in [1.165, 1.54) is 35.7 Å². The van der Waals surface area contributed by atoms with Gasteiger partial charge in [0.1, 0.15) is 0 Å². The molecule has 98 valence electrons. The van der Waals surface area contributed by atoms with Gasteiger partial charge in [-0.3, -0.25) is 0 Å². The maximum absolute atomic E-state index is 3.70. The largest absolute Gasteiger partial charge is 0.310 e. The molecule has 1 nitrogen and oxygen atoms in total. The SMILES string of the molecule is CCCNC(Cc1cccc(Br)c1)C1=CCCC1. The fourth-order valence-corrected chi connectivity index (χ4v) is 3.01. The van der Waals surface area contributed by atoms with Gasteiger partial charge in [0, 0.05) is 10.5 Å². The summed E-state index contributed by atoms with van der Waals surface area (Å²) in [7, 11) is 0. The van der Waals surface area contributed by atoms with Crippen LogP contribution in [0.4, 0.5) is 0 Å². The van der Waals surface area contributed by atoms with E-state index < -0.39 is 0 Å². The standard InChI is InChI=1S/C16H22BrN/c1-2-10-18-16(14-7-3-4-8-14)12-13-6-5-9-15(17)11-13/h5-7,9,11,16,18H,2-4,8,10,12H2,1H3. The fraction of sp³-hybridized carbons (Fsp3) is 0.500. The smallest absolute Gasteiger partial charge is 0.0320 e. The van der Waals surface area contributed by atoms with Crippen molar-refractivity contribution >= 4 is 15.9 Å². The minimum atomic E-state index is 0.529. The molecule has 0 amide bonds. The maximum Gasteiger partial charge on any atom is 0.0320 e. The summed E-state index contributed by atoms with van der Waals surface area (Å²) in [5.74, 6) is 0. The number of benzene rings is 1. The molecular formula is C16H22BrN. The highest BCUT2D eigenvalue weighted by Gasteiger charge is 2.16. The van der Waals surface area contributed by atoms with Gasteiger partial charge in [0.05, 0.1) is 0 Å². The summed E-state index contributed by atoms with van der Waals surface area (Å²) < 4.78 is 1.18. The lowest BCUT2D eigenvalue weighted by Crippen LogP contribution is -2.33. The Morgan fingerprint density at radius 2 is 2.28 bits per heavy atom. The minimum Gasteiger partial charge on any atom is -0.310 e. The molecule has 18 heavy (non-hydrogen) atoms. The van der Waals surface area contributed by atoms with Crippen LogP contribution in [-0.2, 0) is 6.42 Å². The molecule has 1 N–H and O–H groups in total. The van der Waals surface area contributed by atoms with Gasteiger partial charge in [-0.2, -0.15) is 0 Å². The third-order valence-electron chi connectivity index (χ3n) is 3.49. The zero-order valence-corrected chi connectivity index (χ0v) is 12.7. The molecule has 2 rings (SSSR count). The van der Waals surface area contributed by atoms with Crippen molar-refractivity contribution < 1.29 is 0 Å². The van der Waals surface area contributed by atoms with Crippen LogP contribution in [0.1, 0.15) is 38.2 Å². The molecule has 0 heterocycles. The number of allylic oxidation sites excluding steroid dienone is 1. The predicted octanol–water partition coefficient (Wildman–Crippen LogP) is 4.47. The van der Waals surface area contributed by atoms with Crippen molar-refractivity contribution in [3.05, 3.63) is 46.0 Å². The second-order valence-corrected chi connectivity index (χ2v) is 5.93. The topological polar surface area (TPSA) is 12.0 Å². The van der Waals surface area contributed by atoms with E-state index in [1.807, 2.05) is 0 Å². The molecule has 0 aliphatic heterocycles. The van der Waals surface area contributed by atoms with E-state index in [2.05, 4.69) is 58.5 Å². The van der Waals surface area contributed by atoms with E-state index >= 15 is 0 Å². The highest BCUT2D eigenvalue weighted by atomic mass is 79.9. The summed E-state index contributed by atoms with van der Waals surface area (Å²) in [6, 6.07) is 9.20. The number of nitrogens with one attached hydrogen (secondary N) is 1. The molecule has 0 saturated carbocycles. The molecule has 1 atom stereocenters. The van der Waals surface area contributed by atoms with Crippen molar-refractivity contribution in [2.75, 3.05) is 6.54 Å². The highest BCUT2D eigenvalue weighted by molar-refractivity contribution is 9.10. The lowest BCUT2D eigenvalue weighted by atomic mass is 9.98. The third-order valence-corrected chi connectivity index (χ3v) is 3.99. The second kappa shape index (κ2) is 7.10. The van der Waals surface area contributed by atoms with Crippen LogP contribution in [0.25, 0.3) is 0 Å². The summed E-state index contributed by atoms with van der Waals surface area (Å²) in [6.45, 7) is 3.34. The highest BCUT2D eigenvalue weighted by Crippen LogP contribution is 2.24. The Hall–Kier alpha value is -0.600. The molecule has 0 aromatic heterocycles. The lowest BCUT2D eigenvalue weighted by molar-refractivity contribution is 0.552. The summed E-state index contributed by atoms with van der Waals surface area (Å²) in [6.07, 6.45) is 8.60. The van der Waals surface area contributed by atoms with Gasteiger partial charge in [-0.15, -0.1) is 0 Å². The van der Waals surface area contributed by atoms with Crippen LogP contribution in [0.3, 0.4) is 0 Å². The van der Waals surface area contributed by atoms with Gasteiger partial charge in [0.2, 0.25) is 0 Å². The second-order valence-electron chi connectivity index (χ2n) is 5.01. The van der Waals surface area contributed by atoms with Crippen molar-refractivity contribution in [3.8, 4) is 0 Å². The van der Waals surface area contributed by atoms with E-state index in [9.17, 15) is 0 Å². The van der Waals surface area contributed by atoms with Gasteiger partial charge >= 0.3 is 0 Å². The molecule has 1 aliphatic rings. The molecule has 0 bridgehead atoms. The Kier molecular flexibility index (Phi) is 5.45. The quantitative estimate of drug-likeness (QED) is 0.765. The van der Waals surface area contributed by atoms with Crippen LogP contribution >= 0.6 is 15.9 Å². The van der Waals surface area contributed by atoms with E-state index in [1.54, 1.807) is 5.57 Å². The van der Waals surface area contributed by atoms with Crippen LogP contribution in [0, 0.1) is 0 Å². The van der Waals surface area contributed by atoms with Crippen LogP contribution in [-0.4, -0.2) is 12.6 Å². The summed E-state index contributed by atoms with van der Waals surface area (Å²) in [4.78, 5) is 0. The predicted molar refractivity (Wildman–Crippen MR) is 81.9 cm³/mol. The number of hydrogen-bond acceptors (Lipinski definition) is 1. The van der Waals surface area contributed by atoms with Gasteiger partial charge in [0.15, 0.2) is 0 Å². The molecule has 0 radical (unpaired) electrons. The van der Waals surface area contributed by atoms with E-state index in [0.717, 1.165) is 13.0 Å². The maximum atomic E-state index is 3.70. The van der Waals surface area contributed by atoms with E-state index in [-0.39, 0.29) is 0 Å². The molecule has 0 spiro atoms. The Bertz CT molecular complexity index is 411. The van der Waals surface area contributed by atoms with Crippen LogP contribution in [0.2, 0.25) is 0 Å². The number of halogens is 1. The zero-order chi connectivity index (χ0) is 12.8. The van der Waals surface area contributed by atoms with Gasteiger partial charge in [-0.1, -0.05) is 46.6 Å². The van der Waals surface area contributed by atoms with Gasteiger partial charge < -0.3 is 5.32 Å². The van der Waals surface area contributed by atoms with Crippen LogP contribution in [0.5, 0.6) is 0 Å². The van der Waals surface area contributed by atoms with Gasteiger partial charge in [0.25, 0.3) is 0 Å². The molecule has 2 heteroatoms. The first-order valence-corrected chi connectivity index (χ1v) is 7.75. The van der Waals surface area contributed by atoms with Crippen LogP contribution in [0.15, 0.2) is 40.4 Å². The first-order chi connectivity index (χ1) is 8.79. The Morgan fingerprint density at radius 1 is 1.39 bits per heavy atom. The Balaban J connectivity index is 2.04. The average Bonchev–Trinajstić information content (AvgIpc) is 2.88. The molecule has 1 unspecified atom stereocenters. The Labute approximate surface area is 119 Å². The van der Waals surface area contributed by atoms with Crippen molar-refractivity contribution in [2.45, 2.75) is 45.1 Å². The zero-order valence-electron chi connectivity index (χ0n) is 11.1. The number of rotatable bonds is 6. The van der Waals surface area contributed by atoms with Crippen LogP contribution < -0.4 is 5.32 Å². The van der Waals surface area contributed by atoms with Crippen molar-refractivity contribution in [2.24, 2.45) is 0 Å². The van der Waals surface area contributed by atoms with Gasteiger partial charge in [-0.25, -0.2) is 0 Å². The molecule has 1 aromatic carbocycles. The molecular weight excluding hydrogens is 286 g/mol. The third kappa shape index (κ3) is 3.96. The monoisotopic (exact) mass is 307 g/mol. The Morgan fingerprint density at radius 3 is 2.94 bits per heavy atom. The van der Waals surface area contributed by atoms with Crippen molar-refractivity contribution in [3.63, 3.8) is 0 Å². The van der Waals surface area contributed by atoms with E-state index in [4.69, 9.17) is 0 Å². The normalized spacial score (nSPS) is 16.7. The fourth-order valence-electron chi connectivity index (χ4n) is 2.56. The molecule has 1 aromatic rings. The average molecular weight is 308 g/mol. The number of hydrogen-bond donors (Lipinski definition) is 1. The molecule has 1 aliphatic carbocycles. The molecule has 0 fully saturated rings. The lowest BCUT2D eigenvalue weighted by Gasteiger charge is -2.20. The first kappa shape index (κ1) is 13.8. The van der Waals surface area contributed by atoms with Crippen molar-refractivity contribution in [1.29, 1.82) is 0 Å². The van der Waals surface area contributed by atoms with Crippen molar-refractivity contribution in [1.82, 2.24) is 5.32 Å². The summed E-state index contributed by atoms with van der Waals surface area (Å²) in [5, 5.41) is 3.70. The first-order valence-electron chi connectivity index (χ1n) is 6.96. The van der Waals surface area contributed by atoms with Gasteiger partial charge in [-0.05, 0) is 56.3 Å². The summed E-state index contributed by atoms with van der Waals surface area (Å²) in [5.41, 5.74) is 3.02. The van der Waals surface area contributed by atoms with E-state index in [0.29, 0.717) is 6.04 Å². The molecule has 0 saturated heterocycles.